The molecule has 5 heteroatoms. The Balaban J connectivity index is 2.21. The lowest BCUT2D eigenvalue weighted by molar-refractivity contribution is 0.538. The van der Waals surface area contributed by atoms with Gasteiger partial charge in [0.2, 0.25) is 10.0 Å². The van der Waals surface area contributed by atoms with Crippen molar-refractivity contribution in [3.05, 3.63) is 29.3 Å². The highest BCUT2D eigenvalue weighted by atomic mass is 32.2. The number of nitrogens with one attached hydrogen (secondary N) is 2. The van der Waals surface area contributed by atoms with E-state index in [-0.39, 0.29) is 6.04 Å². The van der Waals surface area contributed by atoms with Crippen molar-refractivity contribution in [2.75, 3.05) is 6.54 Å². The molecule has 21 heavy (non-hydrogen) atoms. The van der Waals surface area contributed by atoms with E-state index in [1.165, 1.54) is 5.56 Å². The van der Waals surface area contributed by atoms with Gasteiger partial charge in [0, 0.05) is 12.6 Å². The Hall–Kier alpha value is -0.910. The van der Waals surface area contributed by atoms with Crippen LogP contribution in [0.25, 0.3) is 0 Å². The monoisotopic (exact) mass is 310 g/mol. The fourth-order valence-corrected chi connectivity index (χ4v) is 3.91. The zero-order valence-electron chi connectivity index (χ0n) is 13.1. The third-order valence-corrected chi connectivity index (χ3v) is 5.66. The minimum absolute atomic E-state index is 0.0260. The maximum Gasteiger partial charge on any atom is 0.240 e. The summed E-state index contributed by atoms with van der Waals surface area (Å²) < 4.78 is 27.7. The van der Waals surface area contributed by atoms with Gasteiger partial charge in [-0.25, -0.2) is 13.1 Å². The summed E-state index contributed by atoms with van der Waals surface area (Å²) in [6.45, 7) is 7.67. The van der Waals surface area contributed by atoms with Crippen molar-refractivity contribution in [1.82, 2.24) is 10.0 Å². The third kappa shape index (κ3) is 4.28. The Bertz CT molecular complexity index is 580. The van der Waals surface area contributed by atoms with Crippen molar-refractivity contribution in [3.63, 3.8) is 0 Å². The number of aryl methyl sites for hydroxylation is 1. The molecule has 0 saturated heterocycles. The zero-order valence-corrected chi connectivity index (χ0v) is 14.0. The predicted octanol–water partition coefficient (Wildman–Crippen LogP) is 2.44. The number of rotatable bonds is 8. The van der Waals surface area contributed by atoms with Gasteiger partial charge in [-0.2, -0.15) is 0 Å². The predicted molar refractivity (Wildman–Crippen MR) is 85.7 cm³/mol. The van der Waals surface area contributed by atoms with Gasteiger partial charge < -0.3 is 5.32 Å². The maximum absolute atomic E-state index is 12.5. The van der Waals surface area contributed by atoms with Crippen molar-refractivity contribution in [3.8, 4) is 0 Å². The molecule has 1 aliphatic carbocycles. The third-order valence-electron chi connectivity index (χ3n) is 4.10. The Labute approximate surface area is 128 Å². The Morgan fingerprint density at radius 1 is 1.24 bits per heavy atom. The van der Waals surface area contributed by atoms with E-state index in [9.17, 15) is 8.42 Å². The molecule has 4 nitrogen and oxygen atoms in total. The summed E-state index contributed by atoms with van der Waals surface area (Å²) in [4.78, 5) is 0.375. The van der Waals surface area contributed by atoms with Gasteiger partial charge in [0.15, 0.2) is 0 Å². The van der Waals surface area contributed by atoms with Gasteiger partial charge >= 0.3 is 0 Å². The molecule has 0 aliphatic heterocycles. The Kier molecular flexibility index (Phi) is 5.41. The number of hydrogen-bond acceptors (Lipinski definition) is 3. The first-order chi connectivity index (χ1) is 9.97. The molecule has 1 fully saturated rings. The van der Waals surface area contributed by atoms with Crippen LogP contribution in [0.3, 0.4) is 0 Å². The lowest BCUT2D eigenvalue weighted by Crippen LogP contribution is -2.34. The molecule has 2 N–H and O–H groups in total. The topological polar surface area (TPSA) is 58.2 Å². The second kappa shape index (κ2) is 6.90. The first-order valence-electron chi connectivity index (χ1n) is 7.82. The lowest BCUT2D eigenvalue weighted by Gasteiger charge is -2.15. The van der Waals surface area contributed by atoms with Crippen molar-refractivity contribution < 1.29 is 8.42 Å². The van der Waals surface area contributed by atoms with Gasteiger partial charge in [-0.05, 0) is 61.9 Å². The van der Waals surface area contributed by atoms with E-state index in [1.54, 1.807) is 6.07 Å². The number of benzene rings is 1. The second-order valence-corrected chi connectivity index (χ2v) is 7.53. The van der Waals surface area contributed by atoms with Crippen LogP contribution in [0.1, 0.15) is 44.7 Å². The molecule has 0 amide bonds. The number of hydrogen-bond donors (Lipinski definition) is 2. The van der Waals surface area contributed by atoms with Crippen LogP contribution in [0.15, 0.2) is 23.1 Å². The van der Waals surface area contributed by atoms with Crippen molar-refractivity contribution in [2.24, 2.45) is 5.92 Å². The Morgan fingerprint density at radius 3 is 2.52 bits per heavy atom. The average Bonchev–Trinajstić information content (AvgIpc) is 3.28. The molecule has 1 atom stereocenters. The highest BCUT2D eigenvalue weighted by molar-refractivity contribution is 7.89. The fraction of sp³-hybridized carbons (Fsp3) is 0.625. The van der Waals surface area contributed by atoms with E-state index < -0.39 is 10.0 Å². The number of sulfonamides is 1. The van der Waals surface area contributed by atoms with Crippen LogP contribution in [-0.2, 0) is 23.0 Å². The molecule has 0 heterocycles. The van der Waals surface area contributed by atoms with Gasteiger partial charge in [-0.3, -0.25) is 0 Å². The smallest absolute Gasteiger partial charge is 0.240 e. The fourth-order valence-electron chi connectivity index (χ4n) is 2.54. The van der Waals surface area contributed by atoms with Crippen LogP contribution < -0.4 is 10.0 Å². The molecule has 2 rings (SSSR count). The largest absolute Gasteiger partial charge is 0.313 e. The van der Waals surface area contributed by atoms with E-state index in [2.05, 4.69) is 17.0 Å². The van der Waals surface area contributed by atoms with Gasteiger partial charge in [0.1, 0.15) is 0 Å². The van der Waals surface area contributed by atoms with Crippen molar-refractivity contribution in [1.29, 1.82) is 0 Å². The van der Waals surface area contributed by atoms with E-state index in [0.717, 1.165) is 31.4 Å². The minimum atomic E-state index is -3.41. The summed E-state index contributed by atoms with van der Waals surface area (Å²) in [7, 11) is -3.41. The van der Waals surface area contributed by atoms with Crippen LogP contribution in [0, 0.1) is 5.92 Å². The van der Waals surface area contributed by atoms with Gasteiger partial charge in [0.25, 0.3) is 0 Å². The highest BCUT2D eigenvalue weighted by Gasteiger charge is 2.31. The summed E-state index contributed by atoms with van der Waals surface area (Å²) in [5.41, 5.74) is 2.27. The Morgan fingerprint density at radius 2 is 1.95 bits per heavy atom. The van der Waals surface area contributed by atoms with Crippen LogP contribution in [-0.4, -0.2) is 21.0 Å². The van der Waals surface area contributed by atoms with E-state index in [1.807, 2.05) is 26.0 Å². The summed E-state index contributed by atoms with van der Waals surface area (Å²) in [5.74, 6) is 0.510. The molecular weight excluding hydrogens is 284 g/mol. The maximum atomic E-state index is 12.5. The van der Waals surface area contributed by atoms with Crippen molar-refractivity contribution in [2.45, 2.75) is 57.5 Å². The molecule has 0 bridgehead atoms. The van der Waals surface area contributed by atoms with E-state index >= 15 is 0 Å². The molecule has 0 spiro atoms. The molecule has 1 saturated carbocycles. The van der Waals surface area contributed by atoms with Crippen molar-refractivity contribution >= 4 is 10.0 Å². The first-order valence-corrected chi connectivity index (χ1v) is 9.31. The molecule has 1 aromatic rings. The second-order valence-electron chi connectivity index (χ2n) is 5.81. The highest BCUT2D eigenvalue weighted by Crippen LogP contribution is 2.33. The normalized spacial score (nSPS) is 16.9. The molecule has 118 valence electrons. The molecule has 0 radical (unpaired) electrons. The van der Waals surface area contributed by atoms with Crippen LogP contribution in [0.5, 0.6) is 0 Å². The quantitative estimate of drug-likeness (QED) is 0.775. The summed E-state index contributed by atoms with van der Waals surface area (Å²) in [6.07, 6.45) is 3.17. The summed E-state index contributed by atoms with van der Waals surface area (Å²) in [5, 5.41) is 3.27. The summed E-state index contributed by atoms with van der Waals surface area (Å²) in [6, 6.07) is 5.49. The van der Waals surface area contributed by atoms with Crippen LogP contribution in [0.2, 0.25) is 0 Å². The SMILES string of the molecule is CCNCc1cc(S(=O)(=O)NC(C)C2CC2)ccc1CC. The summed E-state index contributed by atoms with van der Waals surface area (Å²) >= 11 is 0. The van der Waals surface area contributed by atoms with Gasteiger partial charge in [0.05, 0.1) is 4.90 Å². The average molecular weight is 310 g/mol. The minimum Gasteiger partial charge on any atom is -0.313 e. The lowest BCUT2D eigenvalue weighted by atomic mass is 10.1. The van der Waals surface area contributed by atoms with Gasteiger partial charge in [-0.1, -0.05) is 19.9 Å². The molecular formula is C16H26N2O2S. The van der Waals surface area contributed by atoms with Crippen LogP contribution in [0.4, 0.5) is 0 Å². The molecule has 1 aliphatic rings. The first kappa shape index (κ1) is 16.5. The van der Waals surface area contributed by atoms with E-state index in [0.29, 0.717) is 17.4 Å². The zero-order chi connectivity index (χ0) is 15.5. The molecule has 1 unspecified atom stereocenters. The molecule has 1 aromatic carbocycles. The van der Waals surface area contributed by atoms with Crippen LogP contribution >= 0.6 is 0 Å². The van der Waals surface area contributed by atoms with Gasteiger partial charge in [-0.15, -0.1) is 0 Å². The standard InChI is InChI=1S/C16H26N2O2S/c1-4-13-8-9-16(10-15(13)11-17-5-2)21(19,20)18-12(3)14-6-7-14/h8-10,12,14,17-18H,4-7,11H2,1-3H3. The molecule has 0 aromatic heterocycles. The van der Waals surface area contributed by atoms with E-state index in [4.69, 9.17) is 0 Å².